The molecule has 0 bridgehead atoms. The molecule has 7 nitrogen and oxygen atoms in total. The molecule has 1 aromatic carbocycles. The molecule has 1 aliphatic heterocycles. The molecule has 0 radical (unpaired) electrons. The summed E-state index contributed by atoms with van der Waals surface area (Å²) in [5.41, 5.74) is 2.11. The van der Waals surface area contributed by atoms with Crippen molar-refractivity contribution in [2.75, 3.05) is 25.0 Å². The van der Waals surface area contributed by atoms with Crippen molar-refractivity contribution in [3.8, 4) is 0 Å². The van der Waals surface area contributed by atoms with Gasteiger partial charge in [0.1, 0.15) is 5.82 Å². The lowest BCUT2D eigenvalue weighted by molar-refractivity contribution is -0.117. The van der Waals surface area contributed by atoms with E-state index >= 15 is 0 Å². The maximum atomic E-state index is 12.3. The van der Waals surface area contributed by atoms with E-state index in [9.17, 15) is 4.79 Å². The zero-order chi connectivity index (χ0) is 17.9. The van der Waals surface area contributed by atoms with Crippen molar-refractivity contribution < 1.29 is 4.79 Å². The van der Waals surface area contributed by atoms with Crippen LogP contribution in [-0.4, -0.2) is 50.2 Å². The fourth-order valence-electron chi connectivity index (χ4n) is 3.70. The van der Waals surface area contributed by atoms with Crippen molar-refractivity contribution in [3.63, 3.8) is 0 Å². The summed E-state index contributed by atoms with van der Waals surface area (Å²) in [6.45, 7) is 2.30. The van der Waals surface area contributed by atoms with Crippen molar-refractivity contribution in [2.45, 2.75) is 19.3 Å². The van der Waals surface area contributed by atoms with Crippen molar-refractivity contribution >= 4 is 22.8 Å². The van der Waals surface area contributed by atoms with Gasteiger partial charge in [0, 0.05) is 32.3 Å². The van der Waals surface area contributed by atoms with Crippen LogP contribution in [0.25, 0.3) is 11.0 Å². The van der Waals surface area contributed by atoms with E-state index in [2.05, 4.69) is 31.3 Å². The van der Waals surface area contributed by atoms with Crippen LogP contribution >= 0.6 is 0 Å². The van der Waals surface area contributed by atoms with E-state index in [1.165, 1.54) is 6.42 Å². The van der Waals surface area contributed by atoms with Gasteiger partial charge in [-0.15, -0.1) is 0 Å². The first kappa shape index (κ1) is 16.8. The smallest absolute Gasteiger partial charge is 0.239 e. The number of carbonyl (C=O) groups is 1. The number of H-pyrrole nitrogens is 1. The summed E-state index contributed by atoms with van der Waals surface area (Å²) in [5.74, 6) is 2.16. The van der Waals surface area contributed by atoms with E-state index in [0.717, 1.165) is 42.8 Å². The quantitative estimate of drug-likeness (QED) is 0.738. The van der Waals surface area contributed by atoms with Gasteiger partial charge in [-0.1, -0.05) is 12.1 Å². The number of para-hydroxylation sites is 2. The van der Waals surface area contributed by atoms with Crippen LogP contribution in [-0.2, 0) is 18.3 Å². The Morgan fingerprint density at radius 3 is 3.04 bits per heavy atom. The lowest BCUT2D eigenvalue weighted by Crippen LogP contribution is -2.41. The standard InChI is InChI=1S/C19H24N6O/c1-24-10-8-17(23-24)22-19(26)13-25-9-4-5-14(12-25)11-18-20-15-6-2-3-7-16(15)21-18/h2-3,6-8,10,14H,4-5,9,11-13H2,1H3,(H,20,21)(H,22,23,26). The molecule has 1 saturated heterocycles. The summed E-state index contributed by atoms with van der Waals surface area (Å²) in [5, 5.41) is 7.05. The predicted octanol–water partition coefficient (Wildman–Crippen LogP) is 2.19. The minimum Gasteiger partial charge on any atom is -0.342 e. The Hall–Kier alpha value is -2.67. The van der Waals surface area contributed by atoms with Gasteiger partial charge in [0.25, 0.3) is 0 Å². The molecule has 1 aliphatic rings. The monoisotopic (exact) mass is 352 g/mol. The second kappa shape index (κ2) is 7.29. The predicted molar refractivity (Wildman–Crippen MR) is 101 cm³/mol. The zero-order valence-electron chi connectivity index (χ0n) is 15.0. The number of hydrogen-bond acceptors (Lipinski definition) is 4. The number of aryl methyl sites for hydroxylation is 1. The number of nitrogens with one attached hydrogen (secondary N) is 2. The number of amides is 1. The van der Waals surface area contributed by atoms with E-state index in [-0.39, 0.29) is 5.91 Å². The van der Waals surface area contributed by atoms with Gasteiger partial charge >= 0.3 is 0 Å². The Balaban J connectivity index is 1.32. The second-order valence-electron chi connectivity index (χ2n) is 7.07. The van der Waals surface area contributed by atoms with Crippen LogP contribution in [0.1, 0.15) is 18.7 Å². The molecule has 3 aromatic rings. The number of anilines is 1. The molecule has 1 fully saturated rings. The minimum absolute atomic E-state index is 0.00640. The first-order valence-electron chi connectivity index (χ1n) is 9.11. The lowest BCUT2D eigenvalue weighted by Gasteiger charge is -2.31. The molecule has 0 aliphatic carbocycles. The number of nitrogens with zero attached hydrogens (tertiary/aromatic N) is 4. The molecule has 1 amide bonds. The maximum absolute atomic E-state index is 12.3. The molecule has 3 heterocycles. The molecule has 7 heteroatoms. The fourth-order valence-corrected chi connectivity index (χ4v) is 3.70. The first-order valence-corrected chi connectivity index (χ1v) is 9.11. The third-order valence-corrected chi connectivity index (χ3v) is 4.87. The summed E-state index contributed by atoms with van der Waals surface area (Å²) in [6.07, 6.45) is 5.03. The van der Waals surface area contributed by atoms with Crippen LogP contribution in [0.3, 0.4) is 0 Å². The highest BCUT2D eigenvalue weighted by Gasteiger charge is 2.23. The molecule has 1 atom stereocenters. The third-order valence-electron chi connectivity index (χ3n) is 4.87. The third kappa shape index (κ3) is 3.94. The van der Waals surface area contributed by atoms with Gasteiger partial charge in [-0.3, -0.25) is 14.4 Å². The van der Waals surface area contributed by atoms with Gasteiger partial charge in [-0.2, -0.15) is 5.10 Å². The molecule has 1 unspecified atom stereocenters. The highest BCUT2D eigenvalue weighted by Crippen LogP contribution is 2.21. The largest absolute Gasteiger partial charge is 0.342 e. The number of benzene rings is 1. The number of rotatable bonds is 5. The second-order valence-corrected chi connectivity index (χ2v) is 7.07. The zero-order valence-corrected chi connectivity index (χ0v) is 15.0. The van der Waals surface area contributed by atoms with Crippen LogP contribution < -0.4 is 5.32 Å². The minimum atomic E-state index is -0.00640. The summed E-state index contributed by atoms with van der Waals surface area (Å²) < 4.78 is 1.68. The van der Waals surface area contributed by atoms with Crippen molar-refractivity contribution in [1.82, 2.24) is 24.6 Å². The van der Waals surface area contributed by atoms with Crippen LogP contribution in [0.4, 0.5) is 5.82 Å². The molecule has 136 valence electrons. The van der Waals surface area contributed by atoms with E-state index in [4.69, 9.17) is 0 Å². The molecule has 2 N–H and O–H groups in total. The number of imidazole rings is 1. The first-order chi connectivity index (χ1) is 12.7. The average Bonchev–Trinajstić information content (AvgIpc) is 3.20. The van der Waals surface area contributed by atoms with Crippen LogP contribution in [0, 0.1) is 5.92 Å². The van der Waals surface area contributed by atoms with Gasteiger partial charge in [0.2, 0.25) is 5.91 Å². The number of piperidine rings is 1. The number of carbonyl (C=O) groups excluding carboxylic acids is 1. The van der Waals surface area contributed by atoms with Gasteiger partial charge in [-0.05, 0) is 37.4 Å². The number of aromatic amines is 1. The van der Waals surface area contributed by atoms with Crippen molar-refractivity contribution in [1.29, 1.82) is 0 Å². The maximum Gasteiger partial charge on any atom is 0.239 e. The van der Waals surface area contributed by atoms with Crippen LogP contribution in [0.2, 0.25) is 0 Å². The van der Waals surface area contributed by atoms with Crippen molar-refractivity contribution in [3.05, 3.63) is 42.4 Å². The van der Waals surface area contributed by atoms with Gasteiger partial charge < -0.3 is 10.3 Å². The molecule has 0 saturated carbocycles. The summed E-state index contributed by atoms with van der Waals surface area (Å²) in [7, 11) is 1.84. The lowest BCUT2D eigenvalue weighted by atomic mass is 9.94. The molecule has 26 heavy (non-hydrogen) atoms. The SMILES string of the molecule is Cn1ccc(NC(=O)CN2CCCC(Cc3nc4ccccc4[nH]3)C2)n1. The summed E-state index contributed by atoms with van der Waals surface area (Å²) in [6, 6.07) is 9.92. The van der Waals surface area contributed by atoms with Crippen LogP contribution in [0.15, 0.2) is 36.5 Å². The van der Waals surface area contributed by atoms with E-state index < -0.39 is 0 Å². The Morgan fingerprint density at radius 1 is 1.35 bits per heavy atom. The number of aromatic nitrogens is 4. The van der Waals surface area contributed by atoms with Gasteiger partial charge in [-0.25, -0.2) is 4.98 Å². The topological polar surface area (TPSA) is 78.8 Å². The Bertz CT molecular complexity index is 865. The molecular weight excluding hydrogens is 328 g/mol. The fraction of sp³-hybridized carbons (Fsp3) is 0.421. The number of fused-ring (bicyclic) bond motifs is 1. The number of likely N-dealkylation sites (tertiary alicyclic amines) is 1. The normalized spacial score (nSPS) is 18.3. The van der Waals surface area contributed by atoms with Gasteiger partial charge in [0.15, 0.2) is 5.82 Å². The molecule has 0 spiro atoms. The molecule has 2 aromatic heterocycles. The molecule has 4 rings (SSSR count). The number of hydrogen-bond donors (Lipinski definition) is 2. The summed E-state index contributed by atoms with van der Waals surface area (Å²) in [4.78, 5) is 22.6. The van der Waals surface area contributed by atoms with E-state index in [1.807, 2.05) is 31.4 Å². The molecular formula is C19H24N6O. The summed E-state index contributed by atoms with van der Waals surface area (Å²) >= 11 is 0. The van der Waals surface area contributed by atoms with E-state index in [0.29, 0.717) is 18.3 Å². The van der Waals surface area contributed by atoms with Crippen LogP contribution in [0.5, 0.6) is 0 Å². The van der Waals surface area contributed by atoms with E-state index in [1.54, 1.807) is 10.7 Å². The Labute approximate surface area is 152 Å². The Morgan fingerprint density at radius 2 is 2.23 bits per heavy atom. The van der Waals surface area contributed by atoms with Crippen molar-refractivity contribution in [2.24, 2.45) is 13.0 Å². The average molecular weight is 352 g/mol. The Kier molecular flexibility index (Phi) is 4.71. The highest BCUT2D eigenvalue weighted by atomic mass is 16.2. The van der Waals surface area contributed by atoms with Gasteiger partial charge in [0.05, 0.1) is 17.6 Å². The highest BCUT2D eigenvalue weighted by molar-refractivity contribution is 5.91.